The average Bonchev–Trinajstić information content (AvgIpc) is 1.33. The zero-order valence-corrected chi connectivity index (χ0v) is 55.9. The summed E-state index contributed by atoms with van der Waals surface area (Å²) in [5.41, 5.74) is 4.91. The van der Waals surface area contributed by atoms with Crippen LogP contribution in [0.4, 0.5) is 34.6 Å². The van der Waals surface area contributed by atoms with Crippen LogP contribution in [-0.4, -0.2) is 137 Å². The second-order valence-electron chi connectivity index (χ2n) is 26.9. The minimum absolute atomic E-state index is 0.0779. The second-order valence-corrected chi connectivity index (χ2v) is 26.9. The highest BCUT2D eigenvalue weighted by atomic mass is 19.1. The van der Waals surface area contributed by atoms with E-state index in [-0.39, 0.29) is 66.5 Å². The molecule has 4 aliphatic heterocycles. The van der Waals surface area contributed by atoms with Gasteiger partial charge < -0.3 is 65.7 Å². The molecule has 3 fully saturated rings. The molecular weight excluding hydrogens is 1270 g/mol. The van der Waals surface area contributed by atoms with Crippen LogP contribution in [0.1, 0.15) is 191 Å². The summed E-state index contributed by atoms with van der Waals surface area (Å²) in [4.78, 5) is 117. The molecule has 9 N–H and O–H groups in total. The van der Waals surface area contributed by atoms with Gasteiger partial charge in [-0.1, -0.05) is 0 Å². The van der Waals surface area contributed by atoms with E-state index in [0.717, 1.165) is 50.6 Å². The Kier molecular flexibility index (Phi) is 21.6. The van der Waals surface area contributed by atoms with Crippen LogP contribution >= 0.6 is 0 Å². The lowest BCUT2D eigenvalue weighted by Gasteiger charge is -2.49. The van der Waals surface area contributed by atoms with Crippen molar-refractivity contribution in [2.24, 2.45) is 0 Å². The first-order valence-corrected chi connectivity index (χ1v) is 33.2. The topological polar surface area (TPSA) is 311 Å². The van der Waals surface area contributed by atoms with E-state index in [4.69, 9.17) is 4.74 Å². The first kappa shape index (κ1) is 71.7. The number of ketones is 3. The largest absolute Gasteiger partial charge is 0.394 e. The number of aryl methyl sites for hydroxylation is 3. The Morgan fingerprint density at radius 3 is 1.18 bits per heavy atom. The lowest BCUT2D eigenvalue weighted by atomic mass is 9.67. The summed E-state index contributed by atoms with van der Waals surface area (Å²) in [5.74, 6) is -7.12. The summed E-state index contributed by atoms with van der Waals surface area (Å²) in [6.45, 7) is 12.5. The Hall–Kier alpha value is -9.11. The molecule has 7 heterocycles. The smallest absolute Gasteiger partial charge is 0.294 e. The number of aliphatic hydroxyl groups excluding tert-OH is 3. The van der Waals surface area contributed by atoms with Crippen LogP contribution in [-0.2, 0) is 58.0 Å². The van der Waals surface area contributed by atoms with Crippen LogP contribution in [0.2, 0.25) is 0 Å². The molecule has 6 amide bonds. The highest BCUT2D eigenvalue weighted by molar-refractivity contribution is 6.44. The fourth-order valence-electron chi connectivity index (χ4n) is 14.6. The fraction of sp³-hybridized carbons (Fsp3) is 0.458. The summed E-state index contributed by atoms with van der Waals surface area (Å²) in [7, 11) is 0. The zero-order valence-electron chi connectivity index (χ0n) is 55.9. The number of halogens is 4. The number of rotatable bonds is 16. The number of ether oxygens (including phenoxy) is 1. The van der Waals surface area contributed by atoms with Gasteiger partial charge in [0.1, 0.15) is 23.1 Å². The van der Waals surface area contributed by atoms with Crippen LogP contribution in [0.3, 0.4) is 0 Å². The molecule has 522 valence electrons. The van der Waals surface area contributed by atoms with Gasteiger partial charge in [0.05, 0.1) is 83.4 Å². The number of aliphatic hydroxyl groups is 3. The van der Waals surface area contributed by atoms with Gasteiger partial charge in [-0.05, 0) is 213 Å². The number of carbonyl (C=O) groups is 9. The molecule has 4 atom stereocenters. The third-order valence-electron chi connectivity index (χ3n) is 19.4. The summed E-state index contributed by atoms with van der Waals surface area (Å²) >= 11 is 0. The molecule has 26 heteroatoms. The summed E-state index contributed by atoms with van der Waals surface area (Å²) < 4.78 is 65.2. The third-order valence-corrected chi connectivity index (χ3v) is 19.4. The quantitative estimate of drug-likeness (QED) is 0.0250. The molecule has 0 bridgehead atoms. The number of amides is 6. The number of carbonyl (C=O) groups excluding carboxylic acids is 9. The number of benzene rings is 3. The van der Waals surface area contributed by atoms with E-state index >= 15 is 0 Å². The highest BCUT2D eigenvalue weighted by Crippen LogP contribution is 2.44. The van der Waals surface area contributed by atoms with Gasteiger partial charge in [-0.15, -0.1) is 0 Å². The molecule has 0 spiro atoms. The van der Waals surface area contributed by atoms with Gasteiger partial charge in [0.2, 0.25) is 0 Å². The van der Waals surface area contributed by atoms with Crippen molar-refractivity contribution in [2.75, 3.05) is 35.8 Å². The Balaban J connectivity index is 0.000000159. The van der Waals surface area contributed by atoms with Crippen LogP contribution in [0.25, 0.3) is 0 Å². The van der Waals surface area contributed by atoms with Gasteiger partial charge in [-0.3, -0.25) is 43.2 Å². The number of aromatic nitrogens is 3. The maximum atomic E-state index is 14.1. The van der Waals surface area contributed by atoms with Crippen molar-refractivity contribution < 1.29 is 80.8 Å². The van der Waals surface area contributed by atoms with Crippen molar-refractivity contribution in [3.63, 3.8) is 0 Å². The van der Waals surface area contributed by atoms with E-state index in [0.29, 0.717) is 130 Å². The van der Waals surface area contributed by atoms with Crippen molar-refractivity contribution in [2.45, 2.75) is 193 Å². The lowest BCUT2D eigenvalue weighted by molar-refractivity contribution is -0.125. The van der Waals surface area contributed by atoms with E-state index in [1.807, 2.05) is 0 Å². The van der Waals surface area contributed by atoms with Gasteiger partial charge in [0.15, 0.2) is 0 Å². The van der Waals surface area contributed by atoms with E-state index in [2.05, 4.69) is 31.9 Å². The second kappa shape index (κ2) is 29.5. The Morgan fingerprint density at radius 1 is 0.500 bits per heavy atom. The predicted octanol–water partition coefficient (Wildman–Crippen LogP) is 8.32. The Bertz CT molecular complexity index is 4030. The number of alkyl halides is 1. The lowest BCUT2D eigenvalue weighted by Crippen LogP contribution is -2.65. The summed E-state index contributed by atoms with van der Waals surface area (Å²) in [5, 5.41) is 45.6. The van der Waals surface area contributed by atoms with Crippen molar-refractivity contribution in [3.05, 3.63) is 156 Å². The molecule has 6 aliphatic rings. The van der Waals surface area contributed by atoms with Crippen molar-refractivity contribution in [3.8, 4) is 0 Å². The first-order valence-electron chi connectivity index (χ1n) is 33.2. The number of nitrogens with one attached hydrogen (secondary N) is 6. The van der Waals surface area contributed by atoms with Gasteiger partial charge in [-0.25, -0.2) is 17.6 Å². The standard InChI is InChI=1S/C25H29F2N3O4.C24H28FN3O4.C23H26FN3O5/c1-14-10-16(7-8-17(14)26)28-22(33)19-15(2)20(30-9-5-4-6-18(19)30)21(32)23(34)29-25(13-31)11-24(3,27)12-25;1-13-12-15(9-10-16(13)25)26-23(31)20-14(2)21(28-11-4-3-7-18(20)28)22(30)24(32)27-17-6-5-8-19(17)29;1-12-9-14(6-7-15(12)24)25-22(30)19-13(2)20(27-8-4-3-5-17(19)27)21(29)23(31)26-16-10-32-11-18(16)28/h7-8,10,31H,4-6,9,11-13H2,1-3H3,(H,28,33)(H,29,34);9-10,12,17,19,29H,3-8,11H2,1-2H3,(H,26,31)(H,27,32);6-7,9,16,18,28H,3-5,8,10-11H2,1-2H3,(H,25,30)(H,26,31)/t;17-,19+;16-,18-/m.00/s1. The minimum Gasteiger partial charge on any atom is -0.394 e. The van der Waals surface area contributed by atoms with E-state index in [1.54, 1.807) is 67.4 Å². The van der Waals surface area contributed by atoms with E-state index in [9.17, 15) is 76.0 Å². The molecule has 3 aromatic heterocycles. The molecule has 6 aromatic rings. The van der Waals surface area contributed by atoms with Crippen molar-refractivity contribution in [1.82, 2.24) is 29.7 Å². The zero-order chi connectivity index (χ0) is 70.8. The number of hydrogen-bond acceptors (Lipinski definition) is 13. The van der Waals surface area contributed by atoms with Gasteiger partial charge in [0, 0.05) is 66.6 Å². The molecule has 1 saturated heterocycles. The Morgan fingerprint density at radius 2 is 0.867 bits per heavy atom. The van der Waals surface area contributed by atoms with Crippen LogP contribution in [0.15, 0.2) is 54.6 Å². The fourth-order valence-corrected chi connectivity index (χ4v) is 14.6. The molecule has 22 nitrogen and oxygen atoms in total. The Labute approximate surface area is 563 Å². The average molecular weight is 1360 g/mol. The first-order chi connectivity index (χ1) is 46.5. The number of nitrogens with zero attached hydrogens (tertiary/aromatic N) is 3. The third kappa shape index (κ3) is 15.0. The summed E-state index contributed by atoms with van der Waals surface area (Å²) in [6, 6.07) is 11.8. The summed E-state index contributed by atoms with van der Waals surface area (Å²) in [6.07, 6.45) is 7.23. The van der Waals surface area contributed by atoms with E-state index in [1.165, 1.54) is 49.4 Å². The minimum atomic E-state index is -1.51. The normalized spacial score (nSPS) is 21.2. The highest BCUT2D eigenvalue weighted by Gasteiger charge is 2.54. The monoisotopic (exact) mass is 1360 g/mol. The van der Waals surface area contributed by atoms with Crippen LogP contribution in [0, 0.1) is 59.0 Å². The van der Waals surface area contributed by atoms with Crippen molar-refractivity contribution in [1.29, 1.82) is 0 Å². The number of hydrogen-bond donors (Lipinski definition) is 9. The van der Waals surface area contributed by atoms with Crippen LogP contribution < -0.4 is 31.9 Å². The van der Waals surface area contributed by atoms with Gasteiger partial charge in [-0.2, -0.15) is 0 Å². The predicted molar refractivity (Wildman–Crippen MR) is 354 cm³/mol. The molecule has 2 aliphatic carbocycles. The molecule has 2 saturated carbocycles. The SMILES string of the molecule is Cc1cc(NC(=O)c2c(C)c(C(=O)C(=O)NC3(CO)CC(C)(F)C3)n3c2CCCC3)ccc1F.Cc1cc(NC(=O)c2c(C)c(C(=O)C(=O)N[C@H]3CCC[C@H]3O)n3c2CCCC3)ccc1F.Cc1cc(NC(=O)c2c(C)c(C(=O)C(=O)N[C@H]3COC[C@@H]3O)n3c2CCCC3)ccc1F. The molecule has 0 radical (unpaired) electrons. The number of fused-ring (bicyclic) bond motifs is 3. The van der Waals surface area contributed by atoms with Crippen molar-refractivity contribution >= 4 is 69.9 Å². The van der Waals surface area contributed by atoms with Crippen LogP contribution in [0.5, 0.6) is 0 Å². The number of Topliss-reactive ketones (excluding diaryl/α,β-unsaturated/α-hetero) is 3. The molecule has 0 unspecified atom stereocenters. The van der Waals surface area contributed by atoms with Gasteiger partial charge >= 0.3 is 0 Å². The maximum Gasteiger partial charge on any atom is 0.294 e. The van der Waals surface area contributed by atoms with Gasteiger partial charge in [0.25, 0.3) is 52.8 Å². The molecule has 98 heavy (non-hydrogen) atoms. The van der Waals surface area contributed by atoms with E-state index < -0.39 is 89.0 Å². The molecule has 12 rings (SSSR count). The molecule has 3 aromatic carbocycles. The maximum absolute atomic E-state index is 14.1. The molecular formula is C72H83F4N9O13. The number of anilines is 3.